The number of hydrogen-bond acceptors (Lipinski definition) is 4. The first-order valence-electron chi connectivity index (χ1n) is 6.11. The molecule has 0 aromatic carbocycles. The molecule has 2 fully saturated rings. The van der Waals surface area contributed by atoms with Crippen LogP contribution in [0.2, 0.25) is 0 Å². The minimum absolute atomic E-state index is 0.0311. The molecule has 100 valence electrons. The Kier molecular flexibility index (Phi) is 4.04. The number of piperazine rings is 1. The SMILES string of the molecule is C[C@H]1CN(S(=O)(=O)N2CCNCC2)C[C@H](C)O1. The van der Waals surface area contributed by atoms with Crippen molar-refractivity contribution < 1.29 is 13.2 Å². The van der Waals surface area contributed by atoms with E-state index >= 15 is 0 Å². The van der Waals surface area contributed by atoms with E-state index < -0.39 is 10.2 Å². The van der Waals surface area contributed by atoms with Crippen molar-refractivity contribution in [1.29, 1.82) is 0 Å². The largest absolute Gasteiger partial charge is 0.373 e. The van der Waals surface area contributed by atoms with E-state index in [2.05, 4.69) is 5.32 Å². The van der Waals surface area contributed by atoms with Crippen LogP contribution >= 0.6 is 0 Å². The summed E-state index contributed by atoms with van der Waals surface area (Å²) in [5.74, 6) is 0. The highest BCUT2D eigenvalue weighted by Gasteiger charge is 2.35. The minimum atomic E-state index is -3.30. The van der Waals surface area contributed by atoms with E-state index in [0.29, 0.717) is 26.2 Å². The van der Waals surface area contributed by atoms with Crippen LogP contribution in [0.3, 0.4) is 0 Å². The van der Waals surface area contributed by atoms with Gasteiger partial charge in [0.15, 0.2) is 0 Å². The summed E-state index contributed by atoms with van der Waals surface area (Å²) in [6, 6.07) is 0. The Hall–Kier alpha value is -0.210. The third-order valence-corrected chi connectivity index (χ3v) is 5.08. The van der Waals surface area contributed by atoms with E-state index in [9.17, 15) is 8.42 Å². The Morgan fingerprint density at radius 2 is 1.59 bits per heavy atom. The lowest BCUT2D eigenvalue weighted by atomic mass is 10.3. The molecule has 7 heteroatoms. The highest BCUT2D eigenvalue weighted by atomic mass is 32.2. The monoisotopic (exact) mass is 263 g/mol. The average Bonchev–Trinajstić information content (AvgIpc) is 2.29. The summed E-state index contributed by atoms with van der Waals surface area (Å²) in [4.78, 5) is 0. The Bertz CT molecular complexity index is 344. The van der Waals surface area contributed by atoms with E-state index in [-0.39, 0.29) is 12.2 Å². The van der Waals surface area contributed by atoms with Crippen LogP contribution in [0.4, 0.5) is 0 Å². The Morgan fingerprint density at radius 3 is 2.12 bits per heavy atom. The fourth-order valence-corrected chi connectivity index (χ4v) is 4.12. The van der Waals surface area contributed by atoms with Crippen molar-refractivity contribution >= 4 is 10.2 Å². The number of nitrogens with one attached hydrogen (secondary N) is 1. The third kappa shape index (κ3) is 2.97. The van der Waals surface area contributed by atoms with Gasteiger partial charge in [0.1, 0.15) is 0 Å². The van der Waals surface area contributed by atoms with Gasteiger partial charge < -0.3 is 10.1 Å². The average molecular weight is 263 g/mol. The summed E-state index contributed by atoms with van der Waals surface area (Å²) in [6.45, 7) is 7.31. The Morgan fingerprint density at radius 1 is 1.06 bits per heavy atom. The zero-order valence-electron chi connectivity index (χ0n) is 10.4. The molecule has 2 aliphatic rings. The van der Waals surface area contributed by atoms with E-state index in [1.165, 1.54) is 0 Å². The molecule has 0 unspecified atom stereocenters. The first-order chi connectivity index (χ1) is 8.00. The highest BCUT2D eigenvalue weighted by molar-refractivity contribution is 7.86. The van der Waals surface area contributed by atoms with Crippen LogP contribution in [0.25, 0.3) is 0 Å². The third-order valence-electron chi connectivity index (χ3n) is 3.11. The van der Waals surface area contributed by atoms with Gasteiger partial charge in [-0.25, -0.2) is 0 Å². The second kappa shape index (κ2) is 5.19. The van der Waals surface area contributed by atoms with E-state index in [1.54, 1.807) is 8.61 Å². The molecule has 2 heterocycles. The van der Waals surface area contributed by atoms with Gasteiger partial charge in [-0.2, -0.15) is 17.0 Å². The highest BCUT2D eigenvalue weighted by Crippen LogP contribution is 2.17. The predicted molar refractivity (Wildman–Crippen MR) is 64.9 cm³/mol. The molecule has 2 aliphatic heterocycles. The van der Waals surface area contributed by atoms with Gasteiger partial charge >= 0.3 is 0 Å². The van der Waals surface area contributed by atoms with Crippen LogP contribution in [-0.2, 0) is 14.9 Å². The predicted octanol–water partition coefficient (Wildman–Crippen LogP) is -0.754. The zero-order valence-corrected chi connectivity index (χ0v) is 11.2. The van der Waals surface area contributed by atoms with E-state index in [0.717, 1.165) is 13.1 Å². The maximum absolute atomic E-state index is 12.4. The molecule has 0 aromatic heterocycles. The van der Waals surface area contributed by atoms with Gasteiger partial charge in [0.05, 0.1) is 12.2 Å². The number of rotatable bonds is 2. The van der Waals surface area contributed by atoms with E-state index in [4.69, 9.17) is 4.74 Å². The number of ether oxygens (including phenoxy) is 1. The van der Waals surface area contributed by atoms with Crippen molar-refractivity contribution in [2.75, 3.05) is 39.3 Å². The minimum Gasteiger partial charge on any atom is -0.373 e. The summed E-state index contributed by atoms with van der Waals surface area (Å²) >= 11 is 0. The van der Waals surface area contributed by atoms with Gasteiger partial charge in [-0.05, 0) is 13.8 Å². The lowest BCUT2D eigenvalue weighted by molar-refractivity contribution is -0.0455. The standard InChI is InChI=1S/C10H21N3O3S/c1-9-7-13(8-10(2)16-9)17(14,15)12-5-3-11-4-6-12/h9-11H,3-8H2,1-2H3/t9-,10-/m0/s1. The summed E-state index contributed by atoms with van der Waals surface area (Å²) in [5.41, 5.74) is 0. The van der Waals surface area contributed by atoms with Crippen molar-refractivity contribution in [1.82, 2.24) is 13.9 Å². The first-order valence-corrected chi connectivity index (χ1v) is 7.51. The molecule has 2 saturated heterocycles. The zero-order chi connectivity index (χ0) is 12.5. The van der Waals surface area contributed by atoms with Gasteiger partial charge in [0, 0.05) is 39.3 Å². The molecule has 2 rings (SSSR count). The molecule has 0 aliphatic carbocycles. The maximum Gasteiger partial charge on any atom is 0.282 e. The van der Waals surface area contributed by atoms with Crippen LogP contribution in [0.15, 0.2) is 0 Å². The topological polar surface area (TPSA) is 61.9 Å². The number of nitrogens with zero attached hydrogens (tertiary/aromatic N) is 2. The van der Waals surface area contributed by atoms with Gasteiger partial charge in [-0.3, -0.25) is 0 Å². The molecule has 17 heavy (non-hydrogen) atoms. The summed E-state index contributed by atoms with van der Waals surface area (Å²) in [6.07, 6.45) is -0.0621. The Labute approximate surface area is 103 Å². The fraction of sp³-hybridized carbons (Fsp3) is 1.00. The molecule has 2 atom stereocenters. The van der Waals surface area contributed by atoms with Crippen molar-refractivity contribution in [3.05, 3.63) is 0 Å². The van der Waals surface area contributed by atoms with Gasteiger partial charge in [0.25, 0.3) is 10.2 Å². The smallest absolute Gasteiger partial charge is 0.282 e. The molecular weight excluding hydrogens is 242 g/mol. The van der Waals surface area contributed by atoms with Crippen molar-refractivity contribution in [2.45, 2.75) is 26.1 Å². The molecule has 0 spiro atoms. The first kappa shape index (κ1) is 13.2. The van der Waals surface area contributed by atoms with Crippen molar-refractivity contribution in [3.8, 4) is 0 Å². The van der Waals surface area contributed by atoms with Gasteiger partial charge in [0.2, 0.25) is 0 Å². The van der Waals surface area contributed by atoms with Crippen molar-refractivity contribution in [2.24, 2.45) is 0 Å². The summed E-state index contributed by atoms with van der Waals surface area (Å²) < 4.78 is 33.5. The fourth-order valence-electron chi connectivity index (χ4n) is 2.36. The van der Waals surface area contributed by atoms with Crippen LogP contribution in [0.5, 0.6) is 0 Å². The summed E-state index contributed by atoms with van der Waals surface area (Å²) in [7, 11) is -3.30. The molecule has 0 radical (unpaired) electrons. The molecule has 0 saturated carbocycles. The second-order valence-electron chi connectivity index (χ2n) is 4.73. The number of morpholine rings is 1. The molecule has 1 N–H and O–H groups in total. The molecule has 0 amide bonds. The summed E-state index contributed by atoms with van der Waals surface area (Å²) in [5, 5.41) is 3.16. The second-order valence-corrected chi connectivity index (χ2v) is 6.66. The van der Waals surface area contributed by atoms with Crippen molar-refractivity contribution in [3.63, 3.8) is 0 Å². The molecule has 0 bridgehead atoms. The van der Waals surface area contributed by atoms with Crippen LogP contribution in [0.1, 0.15) is 13.8 Å². The van der Waals surface area contributed by atoms with E-state index in [1.807, 2.05) is 13.8 Å². The Balaban J connectivity index is 2.08. The van der Waals surface area contributed by atoms with Crippen LogP contribution in [0, 0.1) is 0 Å². The van der Waals surface area contributed by atoms with Gasteiger partial charge in [-0.15, -0.1) is 0 Å². The lowest BCUT2D eigenvalue weighted by Crippen LogP contribution is -2.56. The van der Waals surface area contributed by atoms with Crippen LogP contribution < -0.4 is 5.32 Å². The molecular formula is C10H21N3O3S. The van der Waals surface area contributed by atoms with Crippen LogP contribution in [-0.4, -0.2) is 68.5 Å². The molecule has 6 nitrogen and oxygen atoms in total. The maximum atomic E-state index is 12.4. The quantitative estimate of drug-likeness (QED) is 0.712. The number of hydrogen-bond donors (Lipinski definition) is 1. The van der Waals surface area contributed by atoms with Gasteiger partial charge in [-0.1, -0.05) is 0 Å². The lowest BCUT2D eigenvalue weighted by Gasteiger charge is -2.38. The normalized spacial score (nSPS) is 33.8. The molecule has 0 aromatic rings.